The van der Waals surface area contributed by atoms with Gasteiger partial charge in [-0.1, -0.05) is 18.2 Å². The number of carboxylic acid groups (broad SMARTS) is 1. The van der Waals surface area contributed by atoms with Crippen molar-refractivity contribution in [2.24, 2.45) is 13.0 Å². The fourth-order valence-electron chi connectivity index (χ4n) is 4.10. The van der Waals surface area contributed by atoms with E-state index in [1.807, 2.05) is 0 Å². The van der Waals surface area contributed by atoms with Gasteiger partial charge in [-0.2, -0.15) is 0 Å². The second kappa shape index (κ2) is 9.92. The molecule has 4 rings (SSSR count). The Kier molecular flexibility index (Phi) is 7.52. The van der Waals surface area contributed by atoms with Gasteiger partial charge < -0.3 is 21.3 Å². The van der Waals surface area contributed by atoms with Crippen LogP contribution in [0, 0.1) is 5.92 Å². The van der Waals surface area contributed by atoms with Crippen LogP contribution in [0.5, 0.6) is 0 Å². The number of hydrogen-bond acceptors (Lipinski definition) is 5. The van der Waals surface area contributed by atoms with Gasteiger partial charge in [-0.3, -0.25) is 0 Å². The van der Waals surface area contributed by atoms with Crippen LogP contribution in [0.15, 0.2) is 42.9 Å². The quantitative estimate of drug-likeness (QED) is 0.564. The van der Waals surface area contributed by atoms with Crippen molar-refractivity contribution in [1.29, 1.82) is 0 Å². The third-order valence-corrected chi connectivity index (χ3v) is 5.89. The number of fused-ring (bicyclic) bond motifs is 1. The molecule has 1 aromatic carbocycles. The average Bonchev–Trinajstić information content (AvgIpc) is 3.09. The van der Waals surface area contributed by atoms with Gasteiger partial charge >= 0.3 is 35.5 Å². The van der Waals surface area contributed by atoms with E-state index in [9.17, 15) is 4.79 Å². The van der Waals surface area contributed by atoms with E-state index in [0.29, 0.717) is 17.9 Å². The van der Waals surface area contributed by atoms with Crippen molar-refractivity contribution in [3.8, 4) is 0 Å². The average molecular weight is 417 g/mol. The van der Waals surface area contributed by atoms with E-state index in [-0.39, 0.29) is 36.5 Å². The Morgan fingerprint density at radius 1 is 1.27 bits per heavy atom. The van der Waals surface area contributed by atoms with Crippen LogP contribution in [-0.4, -0.2) is 45.2 Å². The largest absolute Gasteiger partial charge is 1.00 e. The summed E-state index contributed by atoms with van der Waals surface area (Å²) < 4.78 is 2.19. The summed E-state index contributed by atoms with van der Waals surface area (Å²) in [7, 11) is 2.10. The maximum Gasteiger partial charge on any atom is 1.00 e. The molecule has 0 spiro atoms. The Hall–Kier alpha value is -1.93. The molecular formula is C22H28N5NaO2. The first-order valence-electron chi connectivity index (χ1n) is 10.1. The summed E-state index contributed by atoms with van der Waals surface area (Å²) in [4.78, 5) is 21.5. The molecule has 154 valence electrons. The molecular weight excluding hydrogens is 389 g/mol. The van der Waals surface area contributed by atoms with E-state index in [4.69, 9.17) is 5.11 Å². The predicted octanol–water partition coefficient (Wildman–Crippen LogP) is 0.350. The Bertz CT molecular complexity index is 1000. The number of carboxylic acids is 1. The molecule has 0 amide bonds. The van der Waals surface area contributed by atoms with Gasteiger partial charge in [0.2, 0.25) is 5.95 Å². The molecule has 1 atom stereocenters. The topological polar surface area (TPSA) is 83.3 Å². The number of nitrogens with one attached hydrogen (secondary N) is 1. The number of aryl methyl sites for hydroxylation is 1. The van der Waals surface area contributed by atoms with Crippen molar-refractivity contribution in [2.75, 3.05) is 24.5 Å². The smallest absolute Gasteiger partial charge is 1.00 e. The second-order valence-electron chi connectivity index (χ2n) is 7.85. The molecule has 0 saturated carbocycles. The van der Waals surface area contributed by atoms with Crippen molar-refractivity contribution in [1.82, 2.24) is 19.9 Å². The van der Waals surface area contributed by atoms with Crippen LogP contribution in [0.4, 0.5) is 5.95 Å². The van der Waals surface area contributed by atoms with Gasteiger partial charge in [0.1, 0.15) is 0 Å². The molecule has 1 fully saturated rings. The van der Waals surface area contributed by atoms with Crippen LogP contribution in [0.2, 0.25) is 0 Å². The van der Waals surface area contributed by atoms with Crippen LogP contribution in [0.1, 0.15) is 43.2 Å². The van der Waals surface area contributed by atoms with E-state index >= 15 is 0 Å². The SMILES string of the molecule is CC(NCC1CCN(c2ncc(C(=O)O)cn2)CC1)c1cn(C)c2ccccc12.[H-].[Na+]. The van der Waals surface area contributed by atoms with Crippen LogP contribution in [0.25, 0.3) is 10.9 Å². The molecule has 2 N–H and O–H groups in total. The summed E-state index contributed by atoms with van der Waals surface area (Å²) in [6.07, 6.45) is 7.12. The molecule has 1 aliphatic rings. The number of aromatic carboxylic acids is 1. The third-order valence-electron chi connectivity index (χ3n) is 5.89. The van der Waals surface area contributed by atoms with Gasteiger partial charge in [0.15, 0.2) is 0 Å². The molecule has 2 aromatic heterocycles. The summed E-state index contributed by atoms with van der Waals surface area (Å²) in [5.41, 5.74) is 2.72. The van der Waals surface area contributed by atoms with Gasteiger partial charge in [-0.25, -0.2) is 14.8 Å². The van der Waals surface area contributed by atoms with Gasteiger partial charge in [-0.15, -0.1) is 0 Å². The van der Waals surface area contributed by atoms with Crippen LogP contribution in [0.3, 0.4) is 0 Å². The van der Waals surface area contributed by atoms with Crippen LogP contribution >= 0.6 is 0 Å². The Balaban J connectivity index is 0.00000171. The molecule has 3 heterocycles. The Morgan fingerprint density at radius 3 is 2.60 bits per heavy atom. The summed E-state index contributed by atoms with van der Waals surface area (Å²) >= 11 is 0. The van der Waals surface area contributed by atoms with E-state index in [0.717, 1.165) is 32.5 Å². The normalized spacial score (nSPS) is 15.7. The fraction of sp³-hybridized carbons (Fsp3) is 0.409. The zero-order valence-electron chi connectivity index (χ0n) is 18.9. The first-order chi connectivity index (χ1) is 14.0. The van der Waals surface area contributed by atoms with Gasteiger partial charge in [0.05, 0.1) is 5.56 Å². The molecule has 0 bridgehead atoms. The Labute approximate surface area is 200 Å². The number of para-hydroxylation sites is 1. The molecule has 1 aliphatic heterocycles. The number of carbonyl (C=O) groups is 1. The molecule has 1 saturated heterocycles. The Morgan fingerprint density at radius 2 is 1.93 bits per heavy atom. The molecule has 7 nitrogen and oxygen atoms in total. The van der Waals surface area contributed by atoms with Crippen molar-refractivity contribution in [3.63, 3.8) is 0 Å². The zero-order chi connectivity index (χ0) is 20.4. The summed E-state index contributed by atoms with van der Waals surface area (Å²) in [5, 5.41) is 14.0. The maximum absolute atomic E-state index is 10.9. The van der Waals surface area contributed by atoms with Crippen molar-refractivity contribution >= 4 is 22.8 Å². The van der Waals surface area contributed by atoms with Gasteiger partial charge in [0.25, 0.3) is 0 Å². The van der Waals surface area contributed by atoms with Crippen molar-refractivity contribution < 1.29 is 40.9 Å². The number of benzene rings is 1. The van der Waals surface area contributed by atoms with Gasteiger partial charge in [-0.05, 0) is 43.9 Å². The second-order valence-corrected chi connectivity index (χ2v) is 7.85. The number of anilines is 1. The number of piperidine rings is 1. The van der Waals surface area contributed by atoms with Crippen molar-refractivity contribution in [3.05, 3.63) is 54.0 Å². The molecule has 8 heteroatoms. The number of hydrogen-bond donors (Lipinski definition) is 2. The van der Waals surface area contributed by atoms with Crippen LogP contribution in [-0.2, 0) is 7.05 Å². The fourth-order valence-corrected chi connectivity index (χ4v) is 4.10. The molecule has 30 heavy (non-hydrogen) atoms. The summed E-state index contributed by atoms with van der Waals surface area (Å²) in [6.45, 7) is 4.99. The van der Waals surface area contributed by atoms with E-state index in [1.165, 1.54) is 28.9 Å². The predicted molar refractivity (Wildman–Crippen MR) is 114 cm³/mol. The molecule has 0 radical (unpaired) electrons. The van der Waals surface area contributed by atoms with E-state index in [2.05, 4.69) is 69.2 Å². The number of nitrogens with zero attached hydrogens (tertiary/aromatic N) is 4. The monoisotopic (exact) mass is 417 g/mol. The minimum atomic E-state index is -0.998. The first kappa shape index (κ1) is 22.7. The number of rotatable bonds is 6. The minimum Gasteiger partial charge on any atom is -1.00 e. The van der Waals surface area contributed by atoms with E-state index < -0.39 is 5.97 Å². The third kappa shape index (κ3) is 4.86. The molecule has 0 aliphatic carbocycles. The van der Waals surface area contributed by atoms with Gasteiger partial charge in [0, 0.05) is 55.7 Å². The van der Waals surface area contributed by atoms with Crippen LogP contribution < -0.4 is 39.8 Å². The molecule has 3 aromatic rings. The standard InChI is InChI=1S/C22H27N5O2.Na.H/c1-15(19-14-26(2)20-6-4-3-5-18(19)20)23-11-16-7-9-27(10-8-16)22-24-12-17(13-25-22)21(28)29;;/h3-6,12-16,23H,7-11H2,1-2H3,(H,28,29);;/q;+1;-1. The first-order valence-corrected chi connectivity index (χ1v) is 10.1. The molecule has 1 unspecified atom stereocenters. The zero-order valence-corrected chi connectivity index (χ0v) is 19.9. The number of aromatic nitrogens is 3. The summed E-state index contributed by atoms with van der Waals surface area (Å²) in [5.74, 6) is 0.231. The minimum absolute atomic E-state index is 0. The maximum atomic E-state index is 10.9. The summed E-state index contributed by atoms with van der Waals surface area (Å²) in [6, 6.07) is 8.82. The van der Waals surface area contributed by atoms with E-state index in [1.54, 1.807) is 0 Å². The van der Waals surface area contributed by atoms with Crippen molar-refractivity contribution in [2.45, 2.75) is 25.8 Å².